The van der Waals surface area contributed by atoms with E-state index in [0.717, 1.165) is 0 Å². The minimum atomic E-state index is 0.625. The van der Waals surface area contributed by atoms with Crippen molar-refractivity contribution in [3.63, 3.8) is 0 Å². The van der Waals surface area contributed by atoms with Crippen molar-refractivity contribution in [3.05, 3.63) is 35.4 Å². The van der Waals surface area contributed by atoms with Gasteiger partial charge in [-0.25, -0.2) is 0 Å². The molecule has 0 N–H and O–H groups in total. The van der Waals surface area contributed by atoms with Gasteiger partial charge in [0.25, 0.3) is 0 Å². The fraction of sp³-hybridized carbons (Fsp3) is 0.417. The molecule has 68 valence electrons. The molecule has 0 aliphatic heterocycles. The quantitative estimate of drug-likeness (QED) is 0.572. The number of rotatable bonds is 0. The summed E-state index contributed by atoms with van der Waals surface area (Å²) >= 11 is 0. The van der Waals surface area contributed by atoms with Crippen LogP contribution >= 0.6 is 0 Å². The minimum absolute atomic E-state index is 0.625. The molecule has 0 heterocycles. The van der Waals surface area contributed by atoms with Crippen molar-refractivity contribution in [1.82, 2.24) is 0 Å². The number of hydrogen-bond acceptors (Lipinski definition) is 1. The SMILES string of the molecule is C/N=C1\c2ccccc2CCC1C. The number of hydrogen-bond donors (Lipinski definition) is 0. The lowest BCUT2D eigenvalue weighted by atomic mass is 9.83. The maximum absolute atomic E-state index is 4.39. The summed E-state index contributed by atoms with van der Waals surface area (Å²) in [6, 6.07) is 8.61. The zero-order valence-corrected chi connectivity index (χ0v) is 8.25. The van der Waals surface area contributed by atoms with Crippen molar-refractivity contribution in [2.45, 2.75) is 19.8 Å². The first-order valence-electron chi connectivity index (χ1n) is 4.88. The molecule has 0 aromatic heterocycles. The van der Waals surface area contributed by atoms with Crippen molar-refractivity contribution in [1.29, 1.82) is 0 Å². The van der Waals surface area contributed by atoms with Gasteiger partial charge in [0.15, 0.2) is 0 Å². The standard InChI is InChI=1S/C12H15N/c1-9-7-8-10-5-3-4-6-11(10)12(9)13-2/h3-6,9H,7-8H2,1-2H3/b13-12-. The molecule has 1 aliphatic carbocycles. The summed E-state index contributed by atoms with van der Waals surface area (Å²) in [6.45, 7) is 2.26. The predicted molar refractivity (Wildman–Crippen MR) is 56.4 cm³/mol. The van der Waals surface area contributed by atoms with Crippen LogP contribution in [0.3, 0.4) is 0 Å². The highest BCUT2D eigenvalue weighted by molar-refractivity contribution is 6.04. The van der Waals surface area contributed by atoms with Crippen LogP contribution in [0.15, 0.2) is 29.3 Å². The smallest absolute Gasteiger partial charge is 0.0448 e. The van der Waals surface area contributed by atoms with E-state index in [1.807, 2.05) is 7.05 Å². The van der Waals surface area contributed by atoms with Gasteiger partial charge in [-0.15, -0.1) is 0 Å². The Morgan fingerprint density at radius 1 is 1.31 bits per heavy atom. The van der Waals surface area contributed by atoms with E-state index in [9.17, 15) is 0 Å². The van der Waals surface area contributed by atoms with Crippen LogP contribution in [0.4, 0.5) is 0 Å². The van der Waals surface area contributed by atoms with Crippen LogP contribution in [-0.4, -0.2) is 12.8 Å². The van der Waals surface area contributed by atoms with Gasteiger partial charge in [0, 0.05) is 12.8 Å². The Kier molecular flexibility index (Phi) is 2.17. The van der Waals surface area contributed by atoms with Crippen LogP contribution in [0.5, 0.6) is 0 Å². The maximum atomic E-state index is 4.39. The lowest BCUT2D eigenvalue weighted by molar-refractivity contribution is 0.662. The van der Waals surface area contributed by atoms with Gasteiger partial charge in [0.2, 0.25) is 0 Å². The minimum Gasteiger partial charge on any atom is -0.292 e. The number of fused-ring (bicyclic) bond motifs is 1. The number of nitrogens with zero attached hydrogens (tertiary/aromatic N) is 1. The molecule has 13 heavy (non-hydrogen) atoms. The highest BCUT2D eigenvalue weighted by atomic mass is 14.7. The van der Waals surface area contributed by atoms with Gasteiger partial charge >= 0.3 is 0 Å². The predicted octanol–water partition coefficient (Wildman–Crippen LogP) is 2.69. The monoisotopic (exact) mass is 173 g/mol. The summed E-state index contributed by atoms with van der Waals surface area (Å²) in [5.41, 5.74) is 4.10. The second-order valence-electron chi connectivity index (χ2n) is 3.71. The molecular weight excluding hydrogens is 158 g/mol. The molecule has 1 heteroatoms. The molecule has 1 aromatic carbocycles. The van der Waals surface area contributed by atoms with Crippen LogP contribution in [0.1, 0.15) is 24.5 Å². The van der Waals surface area contributed by atoms with E-state index in [-0.39, 0.29) is 0 Å². The van der Waals surface area contributed by atoms with Gasteiger partial charge in [0.1, 0.15) is 0 Å². The molecule has 1 nitrogen and oxygen atoms in total. The van der Waals surface area contributed by atoms with Gasteiger partial charge in [-0.3, -0.25) is 4.99 Å². The average Bonchev–Trinajstić information content (AvgIpc) is 2.18. The molecule has 0 spiro atoms. The summed E-state index contributed by atoms with van der Waals surface area (Å²) in [6.07, 6.45) is 2.44. The third-order valence-electron chi connectivity index (χ3n) is 2.85. The molecule has 0 saturated heterocycles. The third-order valence-corrected chi connectivity index (χ3v) is 2.85. The third kappa shape index (κ3) is 1.39. The van der Waals surface area contributed by atoms with Crippen molar-refractivity contribution in [3.8, 4) is 0 Å². The molecule has 0 fully saturated rings. The Morgan fingerprint density at radius 3 is 2.85 bits per heavy atom. The maximum Gasteiger partial charge on any atom is 0.0448 e. The number of aliphatic imine (C=N–C) groups is 1. The lowest BCUT2D eigenvalue weighted by Crippen LogP contribution is -2.20. The van der Waals surface area contributed by atoms with Crippen molar-refractivity contribution in [2.24, 2.45) is 10.9 Å². The second kappa shape index (κ2) is 3.33. The van der Waals surface area contributed by atoms with Gasteiger partial charge in [0.05, 0.1) is 0 Å². The van der Waals surface area contributed by atoms with E-state index in [2.05, 4.69) is 36.2 Å². The van der Waals surface area contributed by atoms with E-state index in [1.165, 1.54) is 29.7 Å². The molecule has 1 unspecified atom stereocenters. The van der Waals surface area contributed by atoms with Gasteiger partial charge in [-0.05, 0) is 29.9 Å². The Balaban J connectivity index is 2.52. The van der Waals surface area contributed by atoms with Gasteiger partial charge in [-0.2, -0.15) is 0 Å². The molecule has 1 aromatic rings. The summed E-state index contributed by atoms with van der Waals surface area (Å²) < 4.78 is 0. The normalized spacial score (nSPS) is 24.5. The lowest BCUT2D eigenvalue weighted by Gasteiger charge is -2.23. The first kappa shape index (κ1) is 8.49. The summed E-state index contributed by atoms with van der Waals surface area (Å²) in [4.78, 5) is 4.39. The fourth-order valence-corrected chi connectivity index (χ4v) is 2.10. The Labute approximate surface area is 79.5 Å². The van der Waals surface area contributed by atoms with Crippen LogP contribution < -0.4 is 0 Å². The van der Waals surface area contributed by atoms with Crippen LogP contribution in [0.25, 0.3) is 0 Å². The van der Waals surface area contributed by atoms with Crippen molar-refractivity contribution in [2.75, 3.05) is 7.05 Å². The molecular formula is C12H15N. The molecule has 0 bridgehead atoms. The average molecular weight is 173 g/mol. The molecule has 2 rings (SSSR count). The van der Waals surface area contributed by atoms with Crippen LogP contribution in [0, 0.1) is 5.92 Å². The van der Waals surface area contributed by atoms with E-state index in [4.69, 9.17) is 0 Å². The zero-order chi connectivity index (χ0) is 9.26. The molecule has 0 amide bonds. The van der Waals surface area contributed by atoms with Crippen LogP contribution in [-0.2, 0) is 6.42 Å². The van der Waals surface area contributed by atoms with Gasteiger partial charge < -0.3 is 0 Å². The van der Waals surface area contributed by atoms with Crippen molar-refractivity contribution < 1.29 is 0 Å². The summed E-state index contributed by atoms with van der Waals surface area (Å²) in [5.74, 6) is 0.625. The fourth-order valence-electron chi connectivity index (χ4n) is 2.10. The highest BCUT2D eigenvalue weighted by Gasteiger charge is 2.20. The largest absolute Gasteiger partial charge is 0.292 e. The van der Waals surface area contributed by atoms with Gasteiger partial charge in [-0.1, -0.05) is 31.2 Å². The van der Waals surface area contributed by atoms with Crippen molar-refractivity contribution >= 4 is 5.71 Å². The summed E-state index contributed by atoms with van der Waals surface area (Å²) in [5, 5.41) is 0. The van der Waals surface area contributed by atoms with E-state index >= 15 is 0 Å². The highest BCUT2D eigenvalue weighted by Crippen LogP contribution is 2.25. The van der Waals surface area contributed by atoms with E-state index in [1.54, 1.807) is 0 Å². The Bertz CT molecular complexity index is 339. The second-order valence-corrected chi connectivity index (χ2v) is 3.71. The molecule has 1 aliphatic rings. The first-order valence-corrected chi connectivity index (χ1v) is 4.88. The Morgan fingerprint density at radius 2 is 2.08 bits per heavy atom. The van der Waals surface area contributed by atoms with E-state index in [0.29, 0.717) is 5.92 Å². The summed E-state index contributed by atoms with van der Waals surface area (Å²) in [7, 11) is 1.90. The molecule has 0 radical (unpaired) electrons. The molecule has 0 saturated carbocycles. The molecule has 1 atom stereocenters. The number of aryl methyl sites for hydroxylation is 1. The first-order chi connectivity index (χ1) is 6.33. The van der Waals surface area contributed by atoms with Crippen LogP contribution in [0.2, 0.25) is 0 Å². The zero-order valence-electron chi connectivity index (χ0n) is 8.25. The Hall–Kier alpha value is -1.11. The van der Waals surface area contributed by atoms with E-state index < -0.39 is 0 Å². The topological polar surface area (TPSA) is 12.4 Å². The number of benzene rings is 1.